The number of carbonyl (C=O) groups excluding carboxylic acids is 1. The van der Waals surface area contributed by atoms with Crippen LogP contribution in [0.25, 0.3) is 0 Å². The Hall–Kier alpha value is -2.17. The van der Waals surface area contributed by atoms with Crippen LogP contribution in [0.2, 0.25) is 0 Å². The number of rotatable bonds is 3. The summed E-state index contributed by atoms with van der Waals surface area (Å²) in [5.74, 6) is 2.30. The maximum absolute atomic E-state index is 12.5. The van der Waals surface area contributed by atoms with Crippen molar-refractivity contribution in [2.45, 2.75) is 43.9 Å². The van der Waals surface area contributed by atoms with Gasteiger partial charge in [-0.3, -0.25) is 4.79 Å². The molecule has 0 bridgehead atoms. The van der Waals surface area contributed by atoms with E-state index in [0.29, 0.717) is 18.4 Å². The minimum Gasteiger partial charge on any atom is -0.339 e. The van der Waals surface area contributed by atoms with Gasteiger partial charge in [-0.25, -0.2) is 0 Å². The van der Waals surface area contributed by atoms with Gasteiger partial charge in [0.25, 0.3) is 5.91 Å². The number of amides is 1. The van der Waals surface area contributed by atoms with Gasteiger partial charge in [-0.05, 0) is 31.4 Å². The van der Waals surface area contributed by atoms with E-state index in [2.05, 4.69) is 10.1 Å². The van der Waals surface area contributed by atoms with Gasteiger partial charge >= 0.3 is 0 Å². The molecule has 1 atom stereocenters. The Kier molecular flexibility index (Phi) is 3.85. The molecule has 5 heteroatoms. The maximum Gasteiger partial charge on any atom is 0.253 e. The molecule has 1 aromatic heterocycles. The second-order valence-electron chi connectivity index (χ2n) is 6.57. The van der Waals surface area contributed by atoms with E-state index in [-0.39, 0.29) is 11.8 Å². The quantitative estimate of drug-likeness (QED) is 0.872. The van der Waals surface area contributed by atoms with Crippen molar-refractivity contribution < 1.29 is 9.32 Å². The molecule has 2 fully saturated rings. The van der Waals surface area contributed by atoms with Crippen LogP contribution in [0.15, 0.2) is 34.9 Å². The number of aromatic nitrogens is 2. The van der Waals surface area contributed by atoms with Gasteiger partial charge in [-0.15, -0.1) is 0 Å². The third-order valence-corrected chi connectivity index (χ3v) is 5.02. The molecular weight excluding hydrogens is 290 g/mol. The predicted octanol–water partition coefficient (Wildman–Crippen LogP) is 3.36. The van der Waals surface area contributed by atoms with E-state index in [1.165, 1.54) is 25.7 Å². The van der Waals surface area contributed by atoms with Crippen molar-refractivity contribution in [2.24, 2.45) is 0 Å². The van der Waals surface area contributed by atoms with Gasteiger partial charge in [0, 0.05) is 24.6 Å². The molecular formula is C18H21N3O2. The largest absolute Gasteiger partial charge is 0.339 e. The van der Waals surface area contributed by atoms with Gasteiger partial charge in [0.15, 0.2) is 5.82 Å². The van der Waals surface area contributed by atoms with Gasteiger partial charge < -0.3 is 9.42 Å². The molecule has 5 nitrogen and oxygen atoms in total. The van der Waals surface area contributed by atoms with Crippen molar-refractivity contribution in [3.05, 3.63) is 47.6 Å². The first-order valence-electron chi connectivity index (χ1n) is 8.49. The number of likely N-dealkylation sites (tertiary alicyclic amines) is 1. The summed E-state index contributed by atoms with van der Waals surface area (Å²) in [5.41, 5.74) is 0.741. The van der Waals surface area contributed by atoms with Crippen molar-refractivity contribution in [1.82, 2.24) is 15.0 Å². The molecule has 1 amide bonds. The van der Waals surface area contributed by atoms with E-state index in [4.69, 9.17) is 4.52 Å². The molecule has 1 saturated carbocycles. The predicted molar refractivity (Wildman–Crippen MR) is 85.2 cm³/mol. The smallest absolute Gasteiger partial charge is 0.253 e. The first-order valence-corrected chi connectivity index (χ1v) is 8.49. The van der Waals surface area contributed by atoms with Crippen LogP contribution >= 0.6 is 0 Å². The lowest BCUT2D eigenvalue weighted by Crippen LogP contribution is -2.28. The third-order valence-electron chi connectivity index (χ3n) is 5.02. The minimum atomic E-state index is 0.0867. The van der Waals surface area contributed by atoms with E-state index in [0.717, 1.165) is 24.4 Å². The zero-order valence-electron chi connectivity index (χ0n) is 13.1. The van der Waals surface area contributed by atoms with Crippen LogP contribution in [0.4, 0.5) is 0 Å². The number of hydrogen-bond donors (Lipinski definition) is 0. The zero-order valence-corrected chi connectivity index (χ0v) is 13.1. The van der Waals surface area contributed by atoms with Crippen LogP contribution in [-0.4, -0.2) is 34.0 Å². The minimum absolute atomic E-state index is 0.0867. The van der Waals surface area contributed by atoms with Crippen molar-refractivity contribution in [2.75, 3.05) is 13.1 Å². The van der Waals surface area contributed by atoms with Crippen LogP contribution in [-0.2, 0) is 0 Å². The topological polar surface area (TPSA) is 59.2 Å². The summed E-state index contributed by atoms with van der Waals surface area (Å²) in [6.45, 7) is 1.42. The van der Waals surface area contributed by atoms with Crippen LogP contribution in [0.5, 0.6) is 0 Å². The van der Waals surface area contributed by atoms with E-state index in [1.807, 2.05) is 35.2 Å². The maximum atomic E-state index is 12.5. The number of carbonyl (C=O) groups is 1. The lowest BCUT2D eigenvalue weighted by atomic mass is 10.1. The summed E-state index contributed by atoms with van der Waals surface area (Å²) in [7, 11) is 0. The fraction of sp³-hybridized carbons (Fsp3) is 0.500. The molecule has 2 aliphatic rings. The van der Waals surface area contributed by atoms with Crippen molar-refractivity contribution in [3.63, 3.8) is 0 Å². The molecule has 4 rings (SSSR count). The second-order valence-corrected chi connectivity index (χ2v) is 6.57. The van der Waals surface area contributed by atoms with Crippen LogP contribution in [0.1, 0.15) is 66.0 Å². The Balaban J connectivity index is 1.43. The van der Waals surface area contributed by atoms with Gasteiger partial charge in [0.1, 0.15) is 0 Å². The molecule has 23 heavy (non-hydrogen) atoms. The SMILES string of the molecule is O=C(c1ccccc1)N1CC[C@@H](c2nc(C3CCCC3)no2)C1. The highest BCUT2D eigenvalue weighted by Gasteiger charge is 2.32. The molecule has 2 aromatic rings. The highest BCUT2D eigenvalue weighted by atomic mass is 16.5. The fourth-order valence-corrected chi connectivity index (χ4v) is 3.67. The highest BCUT2D eigenvalue weighted by molar-refractivity contribution is 5.94. The molecule has 0 radical (unpaired) electrons. The van der Waals surface area contributed by atoms with Crippen LogP contribution in [0.3, 0.4) is 0 Å². The molecule has 0 spiro atoms. The Morgan fingerprint density at radius 1 is 1.09 bits per heavy atom. The summed E-state index contributed by atoms with van der Waals surface area (Å²) in [6, 6.07) is 9.44. The number of hydrogen-bond acceptors (Lipinski definition) is 4. The molecule has 1 aromatic carbocycles. The average molecular weight is 311 g/mol. The van der Waals surface area contributed by atoms with E-state index >= 15 is 0 Å². The first-order chi connectivity index (χ1) is 11.3. The molecule has 1 saturated heterocycles. The summed E-state index contributed by atoms with van der Waals surface area (Å²) in [4.78, 5) is 19.0. The first kappa shape index (κ1) is 14.4. The Bertz CT molecular complexity index is 677. The van der Waals surface area contributed by atoms with Crippen molar-refractivity contribution in [3.8, 4) is 0 Å². The molecule has 120 valence electrons. The van der Waals surface area contributed by atoms with Crippen LogP contribution < -0.4 is 0 Å². The molecule has 1 aliphatic heterocycles. The lowest BCUT2D eigenvalue weighted by Gasteiger charge is -2.15. The van der Waals surface area contributed by atoms with Crippen molar-refractivity contribution >= 4 is 5.91 Å². The van der Waals surface area contributed by atoms with Gasteiger partial charge in [-0.2, -0.15) is 4.98 Å². The monoisotopic (exact) mass is 311 g/mol. The normalized spacial score (nSPS) is 21.9. The number of benzene rings is 1. The molecule has 0 N–H and O–H groups in total. The van der Waals surface area contributed by atoms with E-state index in [1.54, 1.807) is 0 Å². The summed E-state index contributed by atoms with van der Waals surface area (Å²) >= 11 is 0. The molecule has 0 unspecified atom stereocenters. The van der Waals surface area contributed by atoms with Gasteiger partial charge in [-0.1, -0.05) is 36.2 Å². The zero-order chi connectivity index (χ0) is 15.6. The van der Waals surface area contributed by atoms with E-state index < -0.39 is 0 Å². The van der Waals surface area contributed by atoms with Gasteiger partial charge in [0.05, 0.1) is 5.92 Å². The second kappa shape index (κ2) is 6.14. The summed E-state index contributed by atoms with van der Waals surface area (Å²) in [6.07, 6.45) is 5.75. The van der Waals surface area contributed by atoms with Crippen molar-refractivity contribution in [1.29, 1.82) is 0 Å². The average Bonchev–Trinajstić information content (AvgIpc) is 3.34. The standard InChI is InChI=1S/C18H21N3O2/c22-18(14-8-2-1-3-9-14)21-11-10-15(12-21)17-19-16(20-23-17)13-6-4-5-7-13/h1-3,8-9,13,15H,4-7,10-12H2/t15-/m1/s1. The lowest BCUT2D eigenvalue weighted by molar-refractivity contribution is 0.0789. The molecule has 2 heterocycles. The Morgan fingerprint density at radius 2 is 1.87 bits per heavy atom. The summed E-state index contributed by atoms with van der Waals surface area (Å²) < 4.78 is 5.50. The summed E-state index contributed by atoms with van der Waals surface area (Å²) in [5, 5.41) is 4.18. The fourth-order valence-electron chi connectivity index (χ4n) is 3.67. The number of nitrogens with zero attached hydrogens (tertiary/aromatic N) is 3. The molecule has 1 aliphatic carbocycles. The highest BCUT2D eigenvalue weighted by Crippen LogP contribution is 2.34. The van der Waals surface area contributed by atoms with E-state index in [9.17, 15) is 4.79 Å². The Morgan fingerprint density at radius 3 is 2.65 bits per heavy atom. The third kappa shape index (κ3) is 2.87. The van der Waals surface area contributed by atoms with Gasteiger partial charge in [0.2, 0.25) is 5.89 Å². The van der Waals surface area contributed by atoms with Crippen LogP contribution in [0, 0.1) is 0 Å². The Labute approximate surface area is 135 Å².